The van der Waals surface area contributed by atoms with E-state index in [9.17, 15) is 9.90 Å². The number of para-hydroxylation sites is 1. The lowest BCUT2D eigenvalue weighted by atomic mass is 9.58. The second-order valence-electron chi connectivity index (χ2n) is 8.14. The highest BCUT2D eigenvalue weighted by Crippen LogP contribution is 2.51. The molecule has 2 atom stereocenters. The van der Waals surface area contributed by atoms with Crippen molar-refractivity contribution in [2.75, 3.05) is 44.2 Å². The van der Waals surface area contributed by atoms with Gasteiger partial charge in [0.15, 0.2) is 0 Å². The Morgan fingerprint density at radius 3 is 2.41 bits per heavy atom. The predicted octanol–water partition coefficient (Wildman–Crippen LogP) is 2.46. The van der Waals surface area contributed by atoms with Gasteiger partial charge in [0.2, 0.25) is 0 Å². The second kappa shape index (κ2) is 10.3. The van der Waals surface area contributed by atoms with Crippen LogP contribution in [0.4, 0.5) is 5.69 Å². The van der Waals surface area contributed by atoms with E-state index in [4.69, 9.17) is 10.5 Å². The number of benzene rings is 1. The number of amides is 1. The third kappa shape index (κ3) is 4.52. The number of ether oxygens (including phenoxy) is 1. The first kappa shape index (κ1) is 24.2. The van der Waals surface area contributed by atoms with E-state index in [1.807, 2.05) is 23.1 Å². The van der Waals surface area contributed by atoms with E-state index < -0.39 is 0 Å². The number of nitrogens with two attached hydrogens (primary N) is 1. The average molecular weight is 446 g/mol. The van der Waals surface area contributed by atoms with E-state index >= 15 is 0 Å². The molecule has 0 radical (unpaired) electrons. The lowest BCUT2D eigenvalue weighted by Gasteiger charge is -2.56. The molecule has 29 heavy (non-hydrogen) atoms. The second-order valence-corrected chi connectivity index (χ2v) is 8.14. The van der Waals surface area contributed by atoms with E-state index in [0.29, 0.717) is 32.7 Å². The molecule has 3 N–H and O–H groups in total. The van der Waals surface area contributed by atoms with Gasteiger partial charge < -0.3 is 25.4 Å². The van der Waals surface area contributed by atoms with Crippen molar-refractivity contribution in [1.82, 2.24) is 4.90 Å². The molecule has 0 bridgehead atoms. The summed E-state index contributed by atoms with van der Waals surface area (Å²) in [5, 5.41) is 10.4. The molecule has 8 heteroatoms. The number of likely N-dealkylation sites (tertiary alicyclic amines) is 1. The fourth-order valence-corrected chi connectivity index (χ4v) is 5.01. The number of carbonyl (C=O) groups is 1. The Morgan fingerprint density at radius 2 is 1.79 bits per heavy atom. The Labute approximate surface area is 185 Å². The normalized spacial score (nSPS) is 25.2. The van der Waals surface area contributed by atoms with Crippen LogP contribution in [0.2, 0.25) is 0 Å². The van der Waals surface area contributed by atoms with Gasteiger partial charge in [-0.1, -0.05) is 12.1 Å². The molecule has 3 aliphatic rings. The first-order chi connectivity index (χ1) is 13.2. The van der Waals surface area contributed by atoms with Crippen LogP contribution in [-0.2, 0) is 4.74 Å². The number of nitrogens with zero attached hydrogens (tertiary/aromatic N) is 2. The molecule has 164 valence electrons. The van der Waals surface area contributed by atoms with Crippen LogP contribution in [-0.4, -0.2) is 67.5 Å². The molecule has 1 aliphatic carbocycles. The SMILES string of the molecule is Cl.Cl.NCCO[C@H]1C[C@@H](O)C12CCN(C(=O)c1ccccc1N1CCCC1)CC2. The summed E-state index contributed by atoms with van der Waals surface area (Å²) in [6.45, 7) is 4.44. The van der Waals surface area contributed by atoms with Gasteiger partial charge in [0.1, 0.15) is 0 Å². The highest BCUT2D eigenvalue weighted by Gasteiger charge is 2.56. The monoisotopic (exact) mass is 445 g/mol. The lowest BCUT2D eigenvalue weighted by molar-refractivity contribution is -0.207. The zero-order valence-electron chi connectivity index (χ0n) is 16.8. The molecule has 2 saturated heterocycles. The Balaban J connectivity index is 0.00000150. The summed E-state index contributed by atoms with van der Waals surface area (Å²) < 4.78 is 5.86. The van der Waals surface area contributed by atoms with Gasteiger partial charge in [0.05, 0.1) is 24.4 Å². The maximum atomic E-state index is 13.2. The summed E-state index contributed by atoms with van der Waals surface area (Å²) in [5.41, 5.74) is 7.23. The van der Waals surface area contributed by atoms with Crippen molar-refractivity contribution >= 4 is 36.4 Å². The standard InChI is InChI=1S/C21H31N3O3.2ClH/c22-9-14-27-19-15-18(25)21(19)7-12-24(13-8-21)20(26)16-5-1-2-6-17(16)23-10-3-4-11-23;;/h1-2,5-6,18-19,25H,3-4,7-15,22H2;2*1H/t18-,19+;;/m1../s1. The van der Waals surface area contributed by atoms with E-state index in [1.165, 1.54) is 12.8 Å². The van der Waals surface area contributed by atoms with Crippen LogP contribution in [0.3, 0.4) is 0 Å². The van der Waals surface area contributed by atoms with Crippen molar-refractivity contribution in [3.05, 3.63) is 29.8 Å². The summed E-state index contributed by atoms with van der Waals surface area (Å²) in [5.74, 6) is 0.112. The summed E-state index contributed by atoms with van der Waals surface area (Å²) in [7, 11) is 0. The minimum atomic E-state index is -0.325. The Kier molecular flexibility index (Phi) is 8.61. The molecule has 0 aromatic heterocycles. The smallest absolute Gasteiger partial charge is 0.255 e. The van der Waals surface area contributed by atoms with Gasteiger partial charge in [-0.3, -0.25) is 4.79 Å². The molecule has 0 unspecified atom stereocenters. The van der Waals surface area contributed by atoms with Crippen LogP contribution in [0.1, 0.15) is 42.5 Å². The number of rotatable bonds is 5. The fourth-order valence-electron chi connectivity index (χ4n) is 5.01. The van der Waals surface area contributed by atoms with Gasteiger partial charge in [0, 0.05) is 50.2 Å². The van der Waals surface area contributed by atoms with Gasteiger partial charge in [-0.25, -0.2) is 0 Å². The number of aliphatic hydroxyl groups is 1. The molecule has 1 aromatic rings. The molecule has 3 fully saturated rings. The molecule has 6 nitrogen and oxygen atoms in total. The third-order valence-corrected chi connectivity index (χ3v) is 6.74. The van der Waals surface area contributed by atoms with Gasteiger partial charge in [-0.15, -0.1) is 24.8 Å². The van der Waals surface area contributed by atoms with Crippen LogP contribution in [0.5, 0.6) is 0 Å². The van der Waals surface area contributed by atoms with E-state index in [1.54, 1.807) is 0 Å². The maximum Gasteiger partial charge on any atom is 0.255 e. The third-order valence-electron chi connectivity index (χ3n) is 6.74. The molecule has 1 amide bonds. The molecular weight excluding hydrogens is 413 g/mol. The van der Waals surface area contributed by atoms with Gasteiger partial charge in [0.25, 0.3) is 5.91 Å². The summed E-state index contributed by atoms with van der Waals surface area (Å²) in [6.07, 6.45) is 4.40. The van der Waals surface area contributed by atoms with Crippen molar-refractivity contribution < 1.29 is 14.6 Å². The van der Waals surface area contributed by atoms with Crippen LogP contribution in [0.25, 0.3) is 0 Å². The number of anilines is 1. The molecule has 1 aromatic carbocycles. The highest BCUT2D eigenvalue weighted by molar-refractivity contribution is 6.00. The molecule has 1 spiro atoms. The van der Waals surface area contributed by atoms with Crippen LogP contribution >= 0.6 is 24.8 Å². The number of aliphatic hydroxyl groups excluding tert-OH is 1. The summed E-state index contributed by atoms with van der Waals surface area (Å²) in [6, 6.07) is 7.98. The number of carbonyl (C=O) groups excluding carboxylic acids is 1. The van der Waals surface area contributed by atoms with Crippen LogP contribution in [0.15, 0.2) is 24.3 Å². The van der Waals surface area contributed by atoms with Gasteiger partial charge in [-0.05, 0) is 37.8 Å². The molecular formula is C21H33Cl2N3O3. The van der Waals surface area contributed by atoms with E-state index in [2.05, 4.69) is 11.0 Å². The van der Waals surface area contributed by atoms with E-state index in [-0.39, 0.29) is 48.3 Å². The number of piperidine rings is 1. The summed E-state index contributed by atoms with van der Waals surface area (Å²) >= 11 is 0. The first-order valence-electron chi connectivity index (χ1n) is 10.3. The van der Waals surface area contributed by atoms with Crippen molar-refractivity contribution in [1.29, 1.82) is 0 Å². The Bertz CT molecular complexity index is 677. The summed E-state index contributed by atoms with van der Waals surface area (Å²) in [4.78, 5) is 17.5. The number of halogens is 2. The zero-order valence-corrected chi connectivity index (χ0v) is 18.4. The van der Waals surface area contributed by atoms with Crippen LogP contribution in [0, 0.1) is 5.41 Å². The minimum Gasteiger partial charge on any atom is -0.392 e. The quantitative estimate of drug-likeness (QED) is 0.727. The molecule has 4 rings (SSSR count). The van der Waals surface area contributed by atoms with Crippen molar-refractivity contribution in [2.24, 2.45) is 11.1 Å². The number of hydrogen-bond acceptors (Lipinski definition) is 5. The van der Waals surface area contributed by atoms with E-state index in [0.717, 1.165) is 37.2 Å². The largest absolute Gasteiger partial charge is 0.392 e. The molecule has 2 heterocycles. The van der Waals surface area contributed by atoms with Crippen molar-refractivity contribution in [3.63, 3.8) is 0 Å². The predicted molar refractivity (Wildman–Crippen MR) is 119 cm³/mol. The topological polar surface area (TPSA) is 79.0 Å². The molecule has 1 saturated carbocycles. The van der Waals surface area contributed by atoms with Crippen LogP contribution < -0.4 is 10.6 Å². The van der Waals surface area contributed by atoms with Gasteiger partial charge >= 0.3 is 0 Å². The van der Waals surface area contributed by atoms with Crippen molar-refractivity contribution in [2.45, 2.75) is 44.3 Å². The lowest BCUT2D eigenvalue weighted by Crippen LogP contribution is -2.63. The fraction of sp³-hybridized carbons (Fsp3) is 0.667. The maximum absolute atomic E-state index is 13.2. The minimum absolute atomic E-state index is 0. The first-order valence-corrected chi connectivity index (χ1v) is 10.3. The highest BCUT2D eigenvalue weighted by atomic mass is 35.5. The average Bonchev–Trinajstić information content (AvgIpc) is 3.25. The molecule has 2 aliphatic heterocycles. The zero-order chi connectivity index (χ0) is 18.9. The Hall–Kier alpha value is -1.05. The number of hydrogen-bond donors (Lipinski definition) is 2. The Morgan fingerprint density at radius 1 is 1.14 bits per heavy atom. The van der Waals surface area contributed by atoms with Crippen molar-refractivity contribution in [3.8, 4) is 0 Å². The van der Waals surface area contributed by atoms with Gasteiger partial charge in [-0.2, -0.15) is 0 Å².